The highest BCUT2D eigenvalue weighted by atomic mass is 16.5. The second-order valence-electron chi connectivity index (χ2n) is 7.75. The monoisotopic (exact) mass is 380 g/mol. The number of benzene rings is 2. The Labute approximate surface area is 166 Å². The van der Waals surface area contributed by atoms with E-state index in [1.807, 2.05) is 32.0 Å². The van der Waals surface area contributed by atoms with Crippen LogP contribution in [-0.2, 0) is 4.79 Å². The van der Waals surface area contributed by atoms with Crippen LogP contribution in [0.5, 0.6) is 11.5 Å². The summed E-state index contributed by atoms with van der Waals surface area (Å²) in [6.45, 7) is 6.76. The Morgan fingerprint density at radius 3 is 2.75 bits per heavy atom. The predicted molar refractivity (Wildman–Crippen MR) is 110 cm³/mol. The lowest BCUT2D eigenvalue weighted by Gasteiger charge is -2.25. The minimum atomic E-state index is 0.0370. The Morgan fingerprint density at radius 2 is 1.89 bits per heavy atom. The molecule has 2 aromatic carbocycles. The zero-order chi connectivity index (χ0) is 19.5. The molecule has 0 aromatic heterocycles. The lowest BCUT2D eigenvalue weighted by molar-refractivity contribution is -0.117. The predicted octanol–water partition coefficient (Wildman–Crippen LogP) is 4.24. The van der Waals surface area contributed by atoms with Gasteiger partial charge in [0, 0.05) is 18.2 Å². The molecule has 2 aromatic rings. The zero-order valence-electron chi connectivity index (χ0n) is 16.7. The Morgan fingerprint density at radius 1 is 1.07 bits per heavy atom. The molecule has 1 fully saturated rings. The summed E-state index contributed by atoms with van der Waals surface area (Å²) in [6.07, 6.45) is 3.05. The first-order valence-electron chi connectivity index (χ1n) is 10.1. The summed E-state index contributed by atoms with van der Waals surface area (Å²) in [5.41, 5.74) is 4.32. The van der Waals surface area contributed by atoms with Crippen LogP contribution in [0.25, 0.3) is 0 Å². The Hall–Kier alpha value is -2.53. The third kappa shape index (κ3) is 4.14. The molecule has 1 atom stereocenters. The number of aryl methyl sites for hydroxylation is 2. The van der Waals surface area contributed by atoms with E-state index < -0.39 is 0 Å². The lowest BCUT2D eigenvalue weighted by atomic mass is 10.0. The maximum atomic E-state index is 12.7. The second-order valence-corrected chi connectivity index (χ2v) is 7.75. The molecule has 2 heterocycles. The summed E-state index contributed by atoms with van der Waals surface area (Å²) in [7, 11) is 0. The molecule has 1 unspecified atom stereocenters. The average Bonchev–Trinajstić information content (AvgIpc) is 3.00. The molecule has 0 bridgehead atoms. The fraction of sp³-hybridized carbons (Fsp3) is 0.435. The van der Waals surface area contributed by atoms with E-state index in [1.54, 1.807) is 0 Å². The molecule has 0 spiro atoms. The molecule has 28 heavy (non-hydrogen) atoms. The van der Waals surface area contributed by atoms with Crippen molar-refractivity contribution in [3.05, 3.63) is 53.1 Å². The molecule has 0 radical (unpaired) electrons. The van der Waals surface area contributed by atoms with Crippen LogP contribution in [0.1, 0.15) is 42.0 Å². The smallest absolute Gasteiger partial charge is 0.238 e. The van der Waals surface area contributed by atoms with Gasteiger partial charge in [0.25, 0.3) is 0 Å². The number of fused-ring (bicyclic) bond motifs is 1. The fourth-order valence-corrected chi connectivity index (χ4v) is 4.02. The molecule has 2 aliphatic heterocycles. The van der Waals surface area contributed by atoms with Gasteiger partial charge < -0.3 is 14.8 Å². The summed E-state index contributed by atoms with van der Waals surface area (Å²) >= 11 is 0. The first-order valence-corrected chi connectivity index (χ1v) is 10.1. The van der Waals surface area contributed by atoms with Gasteiger partial charge in [-0.1, -0.05) is 18.2 Å². The Balaban J connectivity index is 1.45. The topological polar surface area (TPSA) is 50.8 Å². The molecule has 1 amide bonds. The zero-order valence-corrected chi connectivity index (χ0v) is 16.7. The maximum absolute atomic E-state index is 12.7. The van der Waals surface area contributed by atoms with Crippen LogP contribution in [0.15, 0.2) is 36.4 Å². The van der Waals surface area contributed by atoms with Crippen molar-refractivity contribution in [2.24, 2.45) is 0 Å². The van der Waals surface area contributed by atoms with Crippen molar-refractivity contribution in [3.63, 3.8) is 0 Å². The summed E-state index contributed by atoms with van der Waals surface area (Å²) in [5.74, 6) is 1.68. The minimum Gasteiger partial charge on any atom is -0.490 e. The second kappa shape index (κ2) is 8.23. The van der Waals surface area contributed by atoms with Gasteiger partial charge in [0.15, 0.2) is 11.5 Å². The van der Waals surface area contributed by atoms with Gasteiger partial charge in [0.2, 0.25) is 5.91 Å². The maximum Gasteiger partial charge on any atom is 0.238 e. The van der Waals surface area contributed by atoms with Gasteiger partial charge >= 0.3 is 0 Å². The van der Waals surface area contributed by atoms with Crippen LogP contribution in [0.3, 0.4) is 0 Å². The molecule has 1 N–H and O–H groups in total. The SMILES string of the molecule is Cc1ccc(C)c(NC(=O)CN2CCCC2c2ccc3c(c2)OCCCO3)c1. The van der Waals surface area contributed by atoms with Crippen LogP contribution >= 0.6 is 0 Å². The number of carbonyl (C=O) groups excluding carboxylic acids is 1. The van der Waals surface area contributed by atoms with Gasteiger partial charge in [-0.05, 0) is 68.1 Å². The van der Waals surface area contributed by atoms with E-state index in [4.69, 9.17) is 9.47 Å². The summed E-state index contributed by atoms with van der Waals surface area (Å²) < 4.78 is 11.6. The van der Waals surface area contributed by atoms with E-state index in [9.17, 15) is 4.79 Å². The number of ether oxygens (including phenoxy) is 2. The van der Waals surface area contributed by atoms with Crippen molar-refractivity contribution in [2.75, 3.05) is 31.6 Å². The van der Waals surface area contributed by atoms with Gasteiger partial charge in [-0.15, -0.1) is 0 Å². The molecular weight excluding hydrogens is 352 g/mol. The van der Waals surface area contributed by atoms with E-state index in [1.165, 1.54) is 5.56 Å². The van der Waals surface area contributed by atoms with Crippen LogP contribution in [0.4, 0.5) is 5.69 Å². The number of hydrogen-bond donors (Lipinski definition) is 1. The van der Waals surface area contributed by atoms with Crippen molar-refractivity contribution in [3.8, 4) is 11.5 Å². The molecule has 2 aliphatic rings. The van der Waals surface area contributed by atoms with E-state index in [0.29, 0.717) is 19.8 Å². The first kappa shape index (κ1) is 18.8. The first-order chi connectivity index (χ1) is 13.6. The number of hydrogen-bond acceptors (Lipinski definition) is 4. The van der Waals surface area contributed by atoms with Gasteiger partial charge in [0.1, 0.15) is 0 Å². The fourth-order valence-electron chi connectivity index (χ4n) is 4.02. The largest absolute Gasteiger partial charge is 0.490 e. The lowest BCUT2D eigenvalue weighted by Crippen LogP contribution is -2.33. The van der Waals surface area contributed by atoms with E-state index in [2.05, 4.69) is 28.4 Å². The molecule has 4 rings (SSSR count). The molecule has 5 nitrogen and oxygen atoms in total. The van der Waals surface area contributed by atoms with Gasteiger partial charge in [-0.25, -0.2) is 0 Å². The van der Waals surface area contributed by atoms with Crippen molar-refractivity contribution in [1.82, 2.24) is 4.90 Å². The number of rotatable bonds is 4. The van der Waals surface area contributed by atoms with E-state index >= 15 is 0 Å². The highest BCUT2D eigenvalue weighted by Crippen LogP contribution is 2.37. The van der Waals surface area contributed by atoms with Crippen LogP contribution < -0.4 is 14.8 Å². The van der Waals surface area contributed by atoms with Crippen molar-refractivity contribution >= 4 is 11.6 Å². The quantitative estimate of drug-likeness (QED) is 0.862. The third-order valence-corrected chi connectivity index (χ3v) is 5.53. The van der Waals surface area contributed by atoms with Crippen LogP contribution in [0.2, 0.25) is 0 Å². The Kier molecular flexibility index (Phi) is 5.53. The standard InChI is InChI=1S/C23H28N2O3/c1-16-6-7-17(2)19(13-16)24-23(26)15-25-10-3-5-20(25)18-8-9-21-22(14-18)28-12-4-11-27-21/h6-9,13-14,20H,3-5,10-12,15H2,1-2H3,(H,24,26). The van der Waals surface area contributed by atoms with Crippen molar-refractivity contribution in [1.29, 1.82) is 0 Å². The average molecular weight is 380 g/mol. The van der Waals surface area contributed by atoms with Gasteiger partial charge in [0.05, 0.1) is 19.8 Å². The van der Waals surface area contributed by atoms with Crippen LogP contribution in [-0.4, -0.2) is 37.1 Å². The van der Waals surface area contributed by atoms with Crippen molar-refractivity contribution in [2.45, 2.75) is 39.2 Å². The highest BCUT2D eigenvalue weighted by Gasteiger charge is 2.28. The number of amides is 1. The van der Waals surface area contributed by atoms with Gasteiger partial charge in [-0.3, -0.25) is 9.69 Å². The molecule has 1 saturated heterocycles. The molecule has 148 valence electrons. The summed E-state index contributed by atoms with van der Waals surface area (Å²) in [4.78, 5) is 15.0. The molecule has 5 heteroatoms. The van der Waals surface area contributed by atoms with Gasteiger partial charge in [-0.2, -0.15) is 0 Å². The minimum absolute atomic E-state index is 0.0370. The molecule has 0 saturated carbocycles. The summed E-state index contributed by atoms with van der Waals surface area (Å²) in [6, 6.07) is 12.6. The summed E-state index contributed by atoms with van der Waals surface area (Å²) in [5, 5.41) is 3.08. The van der Waals surface area contributed by atoms with E-state index in [0.717, 1.165) is 54.1 Å². The molecule has 0 aliphatic carbocycles. The number of likely N-dealkylation sites (tertiary alicyclic amines) is 1. The van der Waals surface area contributed by atoms with E-state index in [-0.39, 0.29) is 11.9 Å². The normalized spacial score (nSPS) is 19.3. The Bertz CT molecular complexity index is 865. The number of carbonyl (C=O) groups is 1. The number of nitrogens with zero attached hydrogens (tertiary/aromatic N) is 1. The molecular formula is C23H28N2O3. The van der Waals surface area contributed by atoms with Crippen LogP contribution in [0, 0.1) is 13.8 Å². The third-order valence-electron chi connectivity index (χ3n) is 5.53. The van der Waals surface area contributed by atoms with Crippen molar-refractivity contribution < 1.29 is 14.3 Å². The number of anilines is 1. The number of nitrogens with one attached hydrogen (secondary N) is 1. The highest BCUT2D eigenvalue weighted by molar-refractivity contribution is 5.93.